The lowest BCUT2D eigenvalue weighted by molar-refractivity contribution is 0.178. The molecule has 1 aliphatic carbocycles. The van der Waals surface area contributed by atoms with E-state index in [1.807, 2.05) is 48.5 Å². The van der Waals surface area contributed by atoms with Gasteiger partial charge in [-0.3, -0.25) is 0 Å². The van der Waals surface area contributed by atoms with E-state index in [2.05, 4.69) is 25.7 Å². The van der Waals surface area contributed by atoms with Gasteiger partial charge in [0.05, 0.1) is 13.2 Å². The van der Waals surface area contributed by atoms with Crippen molar-refractivity contribution in [3.63, 3.8) is 0 Å². The zero-order valence-corrected chi connectivity index (χ0v) is 18.7. The summed E-state index contributed by atoms with van der Waals surface area (Å²) in [5.41, 5.74) is 2.00. The third-order valence-electron chi connectivity index (χ3n) is 5.98. The molecule has 0 aromatic heterocycles. The van der Waals surface area contributed by atoms with Gasteiger partial charge < -0.3 is 9.47 Å². The van der Waals surface area contributed by atoms with E-state index in [-0.39, 0.29) is 0 Å². The van der Waals surface area contributed by atoms with Crippen molar-refractivity contribution >= 4 is 0 Å². The third kappa shape index (κ3) is 7.45. The summed E-state index contributed by atoms with van der Waals surface area (Å²) in [5, 5.41) is 0. The Morgan fingerprint density at radius 2 is 1.23 bits per heavy atom. The highest BCUT2D eigenvalue weighted by atomic mass is 16.5. The highest BCUT2D eigenvalue weighted by Gasteiger charge is 2.20. The molecule has 0 atom stereocenters. The van der Waals surface area contributed by atoms with Gasteiger partial charge in [-0.1, -0.05) is 57.8 Å². The minimum Gasteiger partial charge on any atom is -0.494 e. The molecule has 0 saturated heterocycles. The van der Waals surface area contributed by atoms with Gasteiger partial charge >= 0.3 is 0 Å². The molecule has 30 heavy (non-hydrogen) atoms. The topological polar surface area (TPSA) is 18.5 Å². The van der Waals surface area contributed by atoms with Crippen molar-refractivity contribution in [3.05, 3.63) is 59.7 Å². The lowest BCUT2D eigenvalue weighted by Crippen LogP contribution is -2.20. The monoisotopic (exact) mass is 404 g/mol. The molecule has 2 heteroatoms. The lowest BCUT2D eigenvalue weighted by atomic mass is 9.80. The predicted octanol–water partition coefficient (Wildman–Crippen LogP) is 7.25. The van der Waals surface area contributed by atoms with Crippen LogP contribution < -0.4 is 9.47 Å². The van der Waals surface area contributed by atoms with Crippen LogP contribution in [0.3, 0.4) is 0 Å². The summed E-state index contributed by atoms with van der Waals surface area (Å²) in [4.78, 5) is 0. The fourth-order valence-electron chi connectivity index (χ4n) is 4.06. The summed E-state index contributed by atoms with van der Waals surface area (Å²) >= 11 is 0. The highest BCUT2D eigenvalue weighted by molar-refractivity contribution is 5.45. The first kappa shape index (κ1) is 22.3. The molecule has 0 N–H and O–H groups in total. The summed E-state index contributed by atoms with van der Waals surface area (Å²) in [7, 11) is 0. The first-order valence-electron chi connectivity index (χ1n) is 11.7. The molecule has 0 bridgehead atoms. The molecular weight excluding hydrogens is 368 g/mol. The molecule has 1 fully saturated rings. The summed E-state index contributed by atoms with van der Waals surface area (Å²) in [6.45, 7) is 6.08. The molecule has 0 amide bonds. The van der Waals surface area contributed by atoms with Gasteiger partial charge in [0.25, 0.3) is 0 Å². The van der Waals surface area contributed by atoms with Crippen LogP contribution >= 0.6 is 0 Å². The number of ether oxygens (including phenoxy) is 2. The normalized spacial score (nSPS) is 18.3. The molecular formula is C28H36O2. The number of benzene rings is 2. The van der Waals surface area contributed by atoms with Gasteiger partial charge in [0.1, 0.15) is 11.5 Å². The van der Waals surface area contributed by atoms with Crippen LogP contribution in [-0.4, -0.2) is 13.2 Å². The number of unbranched alkanes of at least 4 members (excludes halogenated alkanes) is 1. The maximum atomic E-state index is 6.05. The van der Waals surface area contributed by atoms with Crippen molar-refractivity contribution in [2.24, 2.45) is 11.8 Å². The number of hydrogen-bond donors (Lipinski definition) is 0. The lowest BCUT2D eigenvalue weighted by Gasteiger charge is -2.28. The average molecular weight is 405 g/mol. The number of rotatable bonds is 9. The van der Waals surface area contributed by atoms with Crippen molar-refractivity contribution in [2.45, 2.75) is 65.2 Å². The Morgan fingerprint density at radius 1 is 0.700 bits per heavy atom. The molecule has 0 spiro atoms. The summed E-state index contributed by atoms with van der Waals surface area (Å²) < 4.78 is 11.7. The second kappa shape index (κ2) is 12.3. The van der Waals surface area contributed by atoms with E-state index in [4.69, 9.17) is 9.47 Å². The standard InChI is InChI=1S/C28H36O2/c1-3-5-21-29-27-17-13-24(14-18-27)7-8-25-15-19-28(20-16-25)30-22-26-11-9-23(6-4-2)10-12-26/h13-20,23,26H,3-6,9-12,21-22H2,1-2H3. The Bertz CT molecular complexity index is 787. The molecule has 3 rings (SSSR count). The predicted molar refractivity (Wildman–Crippen MR) is 125 cm³/mol. The second-order valence-corrected chi connectivity index (χ2v) is 8.49. The first-order valence-corrected chi connectivity index (χ1v) is 11.7. The zero-order valence-electron chi connectivity index (χ0n) is 18.7. The summed E-state index contributed by atoms with van der Waals surface area (Å²) in [6.07, 6.45) is 10.3. The van der Waals surface area contributed by atoms with Gasteiger partial charge in [-0.15, -0.1) is 0 Å². The van der Waals surface area contributed by atoms with Gasteiger partial charge in [0, 0.05) is 11.1 Å². The van der Waals surface area contributed by atoms with E-state index in [0.717, 1.165) is 54.6 Å². The minimum atomic E-state index is 0.714. The van der Waals surface area contributed by atoms with Gasteiger partial charge in [0.15, 0.2) is 0 Å². The first-order chi connectivity index (χ1) is 14.8. The summed E-state index contributed by atoms with van der Waals surface area (Å²) in [6, 6.07) is 16.2. The maximum Gasteiger partial charge on any atom is 0.119 e. The molecule has 2 aromatic rings. The van der Waals surface area contributed by atoms with Gasteiger partial charge in [-0.2, -0.15) is 0 Å². The zero-order chi connectivity index (χ0) is 21.0. The van der Waals surface area contributed by atoms with Crippen molar-refractivity contribution in [3.8, 4) is 23.3 Å². The van der Waals surface area contributed by atoms with Crippen LogP contribution in [0.5, 0.6) is 11.5 Å². The molecule has 0 aliphatic heterocycles. The molecule has 0 radical (unpaired) electrons. The molecule has 2 nitrogen and oxygen atoms in total. The van der Waals surface area contributed by atoms with Crippen LogP contribution in [0.1, 0.15) is 76.3 Å². The van der Waals surface area contributed by atoms with Crippen LogP contribution in [0, 0.1) is 23.7 Å². The molecule has 1 aliphatic rings. The van der Waals surface area contributed by atoms with Gasteiger partial charge in [-0.05, 0) is 79.6 Å². The van der Waals surface area contributed by atoms with E-state index in [1.165, 1.54) is 38.5 Å². The van der Waals surface area contributed by atoms with Crippen molar-refractivity contribution in [1.29, 1.82) is 0 Å². The van der Waals surface area contributed by atoms with Crippen LogP contribution in [-0.2, 0) is 0 Å². The quantitative estimate of drug-likeness (QED) is 0.324. The van der Waals surface area contributed by atoms with Crippen molar-refractivity contribution in [1.82, 2.24) is 0 Å². The van der Waals surface area contributed by atoms with Crippen molar-refractivity contribution in [2.75, 3.05) is 13.2 Å². The maximum absolute atomic E-state index is 6.05. The van der Waals surface area contributed by atoms with Crippen molar-refractivity contribution < 1.29 is 9.47 Å². The summed E-state index contributed by atoms with van der Waals surface area (Å²) in [5.74, 6) is 9.99. The van der Waals surface area contributed by atoms with E-state index in [1.54, 1.807) is 0 Å². The number of hydrogen-bond acceptors (Lipinski definition) is 2. The molecule has 0 unspecified atom stereocenters. The SMILES string of the molecule is CCCCOc1ccc(C#Cc2ccc(OCC3CCC(CCC)CC3)cc2)cc1. The average Bonchev–Trinajstić information content (AvgIpc) is 2.79. The van der Waals surface area contributed by atoms with Gasteiger partial charge in [0.2, 0.25) is 0 Å². The smallest absolute Gasteiger partial charge is 0.119 e. The molecule has 1 saturated carbocycles. The van der Waals surface area contributed by atoms with Crippen LogP contribution in [0.4, 0.5) is 0 Å². The Hall–Kier alpha value is -2.40. The Kier molecular flexibility index (Phi) is 9.16. The van der Waals surface area contributed by atoms with Crippen LogP contribution in [0.2, 0.25) is 0 Å². The van der Waals surface area contributed by atoms with Crippen LogP contribution in [0.15, 0.2) is 48.5 Å². The largest absolute Gasteiger partial charge is 0.494 e. The van der Waals surface area contributed by atoms with E-state index >= 15 is 0 Å². The third-order valence-corrected chi connectivity index (χ3v) is 5.98. The Morgan fingerprint density at radius 3 is 1.77 bits per heavy atom. The highest BCUT2D eigenvalue weighted by Crippen LogP contribution is 2.31. The molecule has 2 aromatic carbocycles. The Labute approximate surface area is 183 Å². The fourth-order valence-corrected chi connectivity index (χ4v) is 4.06. The second-order valence-electron chi connectivity index (χ2n) is 8.49. The van der Waals surface area contributed by atoms with Crippen LogP contribution in [0.25, 0.3) is 0 Å². The molecule has 160 valence electrons. The fraction of sp³-hybridized carbons (Fsp3) is 0.500. The van der Waals surface area contributed by atoms with E-state index in [0.29, 0.717) is 5.92 Å². The van der Waals surface area contributed by atoms with E-state index < -0.39 is 0 Å². The minimum absolute atomic E-state index is 0.714. The van der Waals surface area contributed by atoms with E-state index in [9.17, 15) is 0 Å². The molecule has 0 heterocycles. The van der Waals surface area contributed by atoms with Gasteiger partial charge in [-0.25, -0.2) is 0 Å². The Balaban J connectivity index is 1.44.